The summed E-state index contributed by atoms with van der Waals surface area (Å²) in [5, 5.41) is 0.241. The van der Waals surface area contributed by atoms with Gasteiger partial charge in [0.15, 0.2) is 0 Å². The summed E-state index contributed by atoms with van der Waals surface area (Å²) in [5.41, 5.74) is 2.67. The van der Waals surface area contributed by atoms with Crippen molar-refractivity contribution in [2.24, 2.45) is 0 Å². The van der Waals surface area contributed by atoms with Gasteiger partial charge in [0, 0.05) is 12.4 Å². The van der Waals surface area contributed by atoms with Gasteiger partial charge in [0.2, 0.25) is 5.28 Å². The molecule has 0 radical (unpaired) electrons. The van der Waals surface area contributed by atoms with E-state index in [1.807, 2.05) is 19.1 Å². The number of aryl methyl sites for hydroxylation is 1. The Morgan fingerprint density at radius 2 is 1.93 bits per heavy atom. The second kappa shape index (κ2) is 3.72. The molecule has 0 aromatic carbocycles. The van der Waals surface area contributed by atoms with Gasteiger partial charge in [-0.15, -0.1) is 0 Å². The van der Waals surface area contributed by atoms with Crippen LogP contribution in [0, 0.1) is 6.92 Å². The van der Waals surface area contributed by atoms with Crippen molar-refractivity contribution in [3.8, 4) is 11.4 Å². The monoisotopic (exact) mass is 205 g/mol. The van der Waals surface area contributed by atoms with E-state index in [2.05, 4.69) is 15.0 Å². The Bertz CT molecular complexity index is 439. The number of nitrogens with zero attached hydrogens (tertiary/aromatic N) is 3. The number of pyridine rings is 1. The lowest BCUT2D eigenvalue weighted by Gasteiger charge is -1.99. The predicted molar refractivity (Wildman–Crippen MR) is 55.0 cm³/mol. The summed E-state index contributed by atoms with van der Waals surface area (Å²) in [6.07, 6.45) is 3.41. The molecule has 0 aliphatic heterocycles. The quantitative estimate of drug-likeness (QED) is 0.672. The van der Waals surface area contributed by atoms with Gasteiger partial charge in [-0.2, -0.15) is 0 Å². The molecule has 2 rings (SSSR count). The molecule has 0 bridgehead atoms. The molecule has 0 atom stereocenters. The zero-order valence-electron chi connectivity index (χ0n) is 7.61. The van der Waals surface area contributed by atoms with E-state index in [1.165, 1.54) is 0 Å². The molecule has 2 aromatic heterocycles. The highest BCUT2D eigenvalue weighted by molar-refractivity contribution is 6.28. The average molecular weight is 206 g/mol. The van der Waals surface area contributed by atoms with E-state index >= 15 is 0 Å². The molecular weight excluding hydrogens is 198 g/mol. The first-order valence-electron chi connectivity index (χ1n) is 4.17. The smallest absolute Gasteiger partial charge is 0.222 e. The molecule has 2 heterocycles. The molecule has 0 spiro atoms. The predicted octanol–water partition coefficient (Wildman–Crippen LogP) is 2.50. The van der Waals surface area contributed by atoms with Gasteiger partial charge in [-0.25, -0.2) is 9.97 Å². The Balaban J connectivity index is 2.44. The van der Waals surface area contributed by atoms with Crippen LogP contribution in [0.2, 0.25) is 5.28 Å². The Morgan fingerprint density at radius 3 is 2.57 bits per heavy atom. The van der Waals surface area contributed by atoms with E-state index in [4.69, 9.17) is 11.6 Å². The van der Waals surface area contributed by atoms with Crippen molar-refractivity contribution in [2.75, 3.05) is 0 Å². The third-order valence-electron chi connectivity index (χ3n) is 1.80. The minimum Gasteiger partial charge on any atom is -0.254 e. The minimum absolute atomic E-state index is 0.241. The number of rotatable bonds is 1. The van der Waals surface area contributed by atoms with E-state index in [1.54, 1.807) is 18.5 Å². The van der Waals surface area contributed by atoms with Crippen LogP contribution < -0.4 is 0 Å². The van der Waals surface area contributed by atoms with Crippen LogP contribution in [0.15, 0.2) is 30.6 Å². The van der Waals surface area contributed by atoms with E-state index in [0.29, 0.717) is 0 Å². The maximum Gasteiger partial charge on any atom is 0.222 e. The summed E-state index contributed by atoms with van der Waals surface area (Å²) < 4.78 is 0. The molecule has 0 fully saturated rings. The second-order valence-corrected chi connectivity index (χ2v) is 3.27. The highest BCUT2D eigenvalue weighted by Gasteiger charge is 2.00. The molecule has 3 nitrogen and oxygen atoms in total. The molecule has 0 saturated heterocycles. The summed E-state index contributed by atoms with van der Waals surface area (Å²) in [6, 6.07) is 5.68. The van der Waals surface area contributed by atoms with Crippen LogP contribution in [-0.4, -0.2) is 15.0 Å². The molecule has 14 heavy (non-hydrogen) atoms. The Morgan fingerprint density at radius 1 is 1.07 bits per heavy atom. The molecule has 0 aliphatic rings. The van der Waals surface area contributed by atoms with Crippen LogP contribution in [0.25, 0.3) is 11.4 Å². The van der Waals surface area contributed by atoms with Gasteiger partial charge in [-0.05, 0) is 36.2 Å². The summed E-state index contributed by atoms with van der Waals surface area (Å²) in [4.78, 5) is 12.1. The molecule has 4 heteroatoms. The van der Waals surface area contributed by atoms with Crippen molar-refractivity contribution >= 4 is 11.6 Å². The first-order chi connectivity index (χ1) is 6.75. The van der Waals surface area contributed by atoms with Gasteiger partial charge in [0.1, 0.15) is 0 Å². The van der Waals surface area contributed by atoms with Gasteiger partial charge >= 0.3 is 0 Å². The first-order valence-corrected chi connectivity index (χ1v) is 4.55. The van der Waals surface area contributed by atoms with E-state index in [-0.39, 0.29) is 5.28 Å². The second-order valence-electron chi connectivity index (χ2n) is 2.93. The average Bonchev–Trinajstić information content (AvgIpc) is 2.19. The van der Waals surface area contributed by atoms with Crippen molar-refractivity contribution in [3.05, 3.63) is 41.4 Å². The SMILES string of the molecule is Cc1ccc(-c2ccnc(Cl)n2)nc1. The van der Waals surface area contributed by atoms with Gasteiger partial charge in [-0.1, -0.05) is 6.07 Å². The minimum atomic E-state index is 0.241. The summed E-state index contributed by atoms with van der Waals surface area (Å²) in [6.45, 7) is 1.99. The molecule has 0 saturated carbocycles. The zero-order chi connectivity index (χ0) is 9.97. The fraction of sp³-hybridized carbons (Fsp3) is 0.100. The third-order valence-corrected chi connectivity index (χ3v) is 1.98. The zero-order valence-corrected chi connectivity index (χ0v) is 8.36. The molecule has 0 amide bonds. The molecule has 0 aliphatic carbocycles. The standard InChI is InChI=1S/C10H8ClN3/c1-7-2-3-8(13-6-7)9-4-5-12-10(11)14-9/h2-6H,1H3. The van der Waals surface area contributed by atoms with Gasteiger partial charge in [0.25, 0.3) is 0 Å². The molecule has 70 valence electrons. The summed E-state index contributed by atoms with van der Waals surface area (Å²) in [5.74, 6) is 0. The van der Waals surface area contributed by atoms with Crippen molar-refractivity contribution < 1.29 is 0 Å². The first kappa shape index (κ1) is 9.09. The van der Waals surface area contributed by atoms with Crippen LogP contribution in [0.5, 0.6) is 0 Å². The lowest BCUT2D eigenvalue weighted by atomic mass is 10.2. The highest BCUT2D eigenvalue weighted by Crippen LogP contribution is 2.14. The Labute approximate surface area is 86.8 Å². The highest BCUT2D eigenvalue weighted by atomic mass is 35.5. The molecule has 0 N–H and O–H groups in total. The molecule has 0 unspecified atom stereocenters. The summed E-state index contributed by atoms with van der Waals surface area (Å²) >= 11 is 5.68. The van der Waals surface area contributed by atoms with Crippen molar-refractivity contribution in [2.45, 2.75) is 6.92 Å². The van der Waals surface area contributed by atoms with Crippen molar-refractivity contribution in [1.29, 1.82) is 0 Å². The fourth-order valence-corrected chi connectivity index (χ4v) is 1.24. The largest absolute Gasteiger partial charge is 0.254 e. The topological polar surface area (TPSA) is 38.7 Å². The van der Waals surface area contributed by atoms with Crippen LogP contribution in [0.4, 0.5) is 0 Å². The van der Waals surface area contributed by atoms with Gasteiger partial charge in [-0.3, -0.25) is 4.98 Å². The number of aromatic nitrogens is 3. The normalized spacial score (nSPS) is 10.1. The van der Waals surface area contributed by atoms with E-state index < -0.39 is 0 Å². The lowest BCUT2D eigenvalue weighted by molar-refractivity contribution is 1.15. The molecular formula is C10H8ClN3. The number of hydrogen-bond donors (Lipinski definition) is 0. The van der Waals surface area contributed by atoms with Crippen LogP contribution in [-0.2, 0) is 0 Å². The third kappa shape index (κ3) is 1.88. The maximum atomic E-state index is 5.68. The number of hydrogen-bond acceptors (Lipinski definition) is 3. The van der Waals surface area contributed by atoms with Crippen LogP contribution in [0.3, 0.4) is 0 Å². The summed E-state index contributed by atoms with van der Waals surface area (Å²) in [7, 11) is 0. The Kier molecular flexibility index (Phi) is 2.41. The van der Waals surface area contributed by atoms with Crippen LogP contribution in [0.1, 0.15) is 5.56 Å². The number of halogens is 1. The van der Waals surface area contributed by atoms with Gasteiger partial charge < -0.3 is 0 Å². The molecule has 2 aromatic rings. The van der Waals surface area contributed by atoms with E-state index in [9.17, 15) is 0 Å². The fourth-order valence-electron chi connectivity index (χ4n) is 1.10. The lowest BCUT2D eigenvalue weighted by Crippen LogP contribution is -1.89. The van der Waals surface area contributed by atoms with Crippen molar-refractivity contribution in [3.63, 3.8) is 0 Å². The van der Waals surface area contributed by atoms with E-state index in [0.717, 1.165) is 17.0 Å². The Hall–Kier alpha value is -1.48. The van der Waals surface area contributed by atoms with Crippen molar-refractivity contribution in [1.82, 2.24) is 15.0 Å². The maximum absolute atomic E-state index is 5.68. The van der Waals surface area contributed by atoms with Gasteiger partial charge in [0.05, 0.1) is 11.4 Å². The van der Waals surface area contributed by atoms with Crippen LogP contribution >= 0.6 is 11.6 Å².